The Labute approximate surface area is 125 Å². The summed E-state index contributed by atoms with van der Waals surface area (Å²) in [5.74, 6) is 0.222. The molecule has 1 aliphatic heterocycles. The summed E-state index contributed by atoms with van der Waals surface area (Å²) in [4.78, 5) is 18.6. The Morgan fingerprint density at radius 3 is 2.95 bits per heavy atom. The molecular formula is C16H22N4O. The van der Waals surface area contributed by atoms with Gasteiger partial charge in [0.25, 0.3) is 0 Å². The minimum absolute atomic E-state index is 0.222. The molecule has 1 aliphatic rings. The molecule has 21 heavy (non-hydrogen) atoms. The van der Waals surface area contributed by atoms with Crippen LogP contribution in [0.5, 0.6) is 0 Å². The minimum Gasteiger partial charge on any atom is -0.343 e. The number of hydrogen-bond acceptors (Lipinski definition) is 3. The number of amides is 1. The fraction of sp³-hybridized carbons (Fsp3) is 0.500. The first-order valence-electron chi connectivity index (χ1n) is 7.62. The number of nitrogens with zero attached hydrogens (tertiary/aromatic N) is 3. The molecule has 5 heteroatoms. The molecule has 0 radical (unpaired) electrons. The van der Waals surface area contributed by atoms with E-state index in [-0.39, 0.29) is 5.91 Å². The fourth-order valence-corrected chi connectivity index (χ4v) is 2.98. The van der Waals surface area contributed by atoms with Crippen molar-refractivity contribution >= 4 is 16.9 Å². The number of carbonyl (C=O) groups is 1. The maximum absolute atomic E-state index is 12.3. The van der Waals surface area contributed by atoms with Crippen molar-refractivity contribution in [1.82, 2.24) is 19.8 Å². The molecule has 2 aromatic rings. The molecule has 0 spiro atoms. The molecule has 112 valence electrons. The number of carbonyl (C=O) groups excluding carboxylic acids is 1. The standard InChI is InChI=1S/C16H22N4O/c1-19(13-6-9-17-10-7-13)16(21)8-11-20-12-18-14-4-2-3-5-15(14)20/h2-5,12-13,17H,6-11H2,1H3. The van der Waals surface area contributed by atoms with Crippen LogP contribution in [0.15, 0.2) is 30.6 Å². The van der Waals surface area contributed by atoms with Gasteiger partial charge in [0, 0.05) is 26.1 Å². The zero-order valence-corrected chi connectivity index (χ0v) is 12.5. The highest BCUT2D eigenvalue weighted by Crippen LogP contribution is 2.14. The van der Waals surface area contributed by atoms with Crippen molar-refractivity contribution in [1.29, 1.82) is 0 Å². The molecule has 0 aliphatic carbocycles. The number of rotatable bonds is 4. The van der Waals surface area contributed by atoms with Gasteiger partial charge in [-0.1, -0.05) is 12.1 Å². The van der Waals surface area contributed by atoms with Crippen molar-refractivity contribution in [2.45, 2.75) is 31.8 Å². The van der Waals surface area contributed by atoms with Crippen LogP contribution >= 0.6 is 0 Å². The van der Waals surface area contributed by atoms with Crippen LogP contribution in [0.2, 0.25) is 0 Å². The van der Waals surface area contributed by atoms with Crippen LogP contribution in [-0.4, -0.2) is 46.5 Å². The van der Waals surface area contributed by atoms with Crippen molar-refractivity contribution in [2.75, 3.05) is 20.1 Å². The van der Waals surface area contributed by atoms with Gasteiger partial charge in [0.2, 0.25) is 5.91 Å². The van der Waals surface area contributed by atoms with Crippen LogP contribution in [0.25, 0.3) is 11.0 Å². The van der Waals surface area contributed by atoms with Gasteiger partial charge in [-0.25, -0.2) is 4.98 Å². The summed E-state index contributed by atoms with van der Waals surface area (Å²) in [5.41, 5.74) is 2.08. The van der Waals surface area contributed by atoms with E-state index in [2.05, 4.69) is 14.9 Å². The molecule has 5 nitrogen and oxygen atoms in total. The number of imidazole rings is 1. The van der Waals surface area contributed by atoms with Gasteiger partial charge in [-0.05, 0) is 38.1 Å². The molecule has 1 saturated heterocycles. The van der Waals surface area contributed by atoms with Gasteiger partial charge in [0.1, 0.15) is 0 Å². The number of hydrogen-bond donors (Lipinski definition) is 1. The lowest BCUT2D eigenvalue weighted by Crippen LogP contribution is -2.44. The predicted octanol–water partition coefficient (Wildman–Crippen LogP) is 1.64. The van der Waals surface area contributed by atoms with Crippen LogP contribution in [0, 0.1) is 0 Å². The predicted molar refractivity (Wildman–Crippen MR) is 83.0 cm³/mol. The number of piperidine rings is 1. The Morgan fingerprint density at radius 2 is 2.14 bits per heavy atom. The Hall–Kier alpha value is -1.88. The van der Waals surface area contributed by atoms with Gasteiger partial charge in [-0.3, -0.25) is 4.79 Å². The van der Waals surface area contributed by atoms with Gasteiger partial charge in [-0.15, -0.1) is 0 Å². The second-order valence-electron chi connectivity index (χ2n) is 5.66. The highest BCUT2D eigenvalue weighted by molar-refractivity contribution is 5.77. The van der Waals surface area contributed by atoms with Crippen molar-refractivity contribution in [2.24, 2.45) is 0 Å². The zero-order chi connectivity index (χ0) is 14.7. The lowest BCUT2D eigenvalue weighted by Gasteiger charge is -2.31. The minimum atomic E-state index is 0.222. The molecule has 0 saturated carbocycles. The first-order valence-corrected chi connectivity index (χ1v) is 7.62. The van der Waals surface area contributed by atoms with Crippen molar-refractivity contribution in [3.8, 4) is 0 Å². The fourth-order valence-electron chi connectivity index (χ4n) is 2.98. The molecule has 1 aromatic carbocycles. The van der Waals surface area contributed by atoms with Gasteiger partial charge < -0.3 is 14.8 Å². The summed E-state index contributed by atoms with van der Waals surface area (Å²) in [6.45, 7) is 2.71. The van der Waals surface area contributed by atoms with Crippen LogP contribution in [0.1, 0.15) is 19.3 Å². The summed E-state index contributed by atoms with van der Waals surface area (Å²) in [6.07, 6.45) is 4.45. The number of aryl methyl sites for hydroxylation is 1. The third-order valence-electron chi connectivity index (χ3n) is 4.34. The smallest absolute Gasteiger partial charge is 0.224 e. The summed E-state index contributed by atoms with van der Waals surface area (Å²) < 4.78 is 2.06. The highest BCUT2D eigenvalue weighted by Gasteiger charge is 2.21. The van der Waals surface area contributed by atoms with E-state index in [9.17, 15) is 4.79 Å². The second-order valence-corrected chi connectivity index (χ2v) is 5.66. The van der Waals surface area contributed by atoms with Crippen LogP contribution in [0.4, 0.5) is 0 Å². The molecule has 0 unspecified atom stereocenters. The highest BCUT2D eigenvalue weighted by atomic mass is 16.2. The Kier molecular flexibility index (Phi) is 4.20. The summed E-state index contributed by atoms with van der Waals surface area (Å²) in [6, 6.07) is 8.41. The third-order valence-corrected chi connectivity index (χ3v) is 4.34. The van der Waals surface area contributed by atoms with E-state index < -0.39 is 0 Å². The molecule has 1 fully saturated rings. The van der Waals surface area contributed by atoms with E-state index in [1.165, 1.54) is 0 Å². The SMILES string of the molecule is CN(C(=O)CCn1cnc2ccccc21)C1CCNCC1. The van der Waals surface area contributed by atoms with Gasteiger partial charge in [0.15, 0.2) is 0 Å². The first-order chi connectivity index (χ1) is 10.3. The van der Waals surface area contributed by atoms with Gasteiger partial charge in [0.05, 0.1) is 17.4 Å². The maximum Gasteiger partial charge on any atom is 0.224 e. The summed E-state index contributed by atoms with van der Waals surface area (Å²) in [7, 11) is 1.93. The van der Waals surface area contributed by atoms with Gasteiger partial charge >= 0.3 is 0 Å². The molecule has 3 rings (SSSR count). The van der Waals surface area contributed by atoms with Crippen molar-refractivity contribution in [3.05, 3.63) is 30.6 Å². The van der Waals surface area contributed by atoms with Gasteiger partial charge in [-0.2, -0.15) is 0 Å². The van der Waals surface area contributed by atoms with Crippen LogP contribution in [-0.2, 0) is 11.3 Å². The first kappa shape index (κ1) is 14.1. The molecule has 1 N–H and O–H groups in total. The molecule has 1 amide bonds. The average Bonchev–Trinajstić information content (AvgIpc) is 2.96. The van der Waals surface area contributed by atoms with Crippen LogP contribution in [0.3, 0.4) is 0 Å². The zero-order valence-electron chi connectivity index (χ0n) is 12.5. The monoisotopic (exact) mass is 286 g/mol. The molecule has 0 atom stereocenters. The van der Waals surface area contributed by atoms with Crippen molar-refractivity contribution in [3.63, 3.8) is 0 Å². The molecule has 1 aromatic heterocycles. The normalized spacial score (nSPS) is 16.2. The lowest BCUT2D eigenvalue weighted by molar-refractivity contribution is -0.132. The number of fused-ring (bicyclic) bond motifs is 1. The van der Waals surface area contributed by atoms with E-state index in [4.69, 9.17) is 0 Å². The van der Waals surface area contributed by atoms with E-state index in [1.807, 2.05) is 42.5 Å². The quantitative estimate of drug-likeness (QED) is 0.929. The van der Waals surface area contributed by atoms with Crippen LogP contribution < -0.4 is 5.32 Å². The Bertz CT molecular complexity index is 616. The Morgan fingerprint density at radius 1 is 1.38 bits per heavy atom. The number of nitrogens with one attached hydrogen (secondary N) is 1. The van der Waals surface area contributed by atoms with Crippen molar-refractivity contribution < 1.29 is 4.79 Å². The largest absolute Gasteiger partial charge is 0.343 e. The molecular weight excluding hydrogens is 264 g/mol. The summed E-state index contributed by atoms with van der Waals surface area (Å²) in [5, 5.41) is 3.33. The summed E-state index contributed by atoms with van der Waals surface area (Å²) >= 11 is 0. The van der Waals surface area contributed by atoms with E-state index in [1.54, 1.807) is 0 Å². The van der Waals surface area contributed by atoms with E-state index in [0.717, 1.165) is 37.0 Å². The number of para-hydroxylation sites is 2. The Balaban J connectivity index is 1.60. The lowest BCUT2D eigenvalue weighted by atomic mass is 10.1. The third kappa shape index (κ3) is 3.08. The molecule has 0 bridgehead atoms. The maximum atomic E-state index is 12.3. The topological polar surface area (TPSA) is 50.2 Å². The number of benzene rings is 1. The average molecular weight is 286 g/mol. The second kappa shape index (κ2) is 6.26. The molecule has 2 heterocycles. The van der Waals surface area contributed by atoms with E-state index in [0.29, 0.717) is 19.0 Å². The number of aromatic nitrogens is 2. The van der Waals surface area contributed by atoms with E-state index >= 15 is 0 Å².